The van der Waals surface area contributed by atoms with Gasteiger partial charge in [0.25, 0.3) is 0 Å². The molecule has 1 aliphatic heterocycles. The van der Waals surface area contributed by atoms with Crippen LogP contribution in [-0.2, 0) is 31.8 Å². The number of fused-ring (bicyclic) bond motifs is 1. The van der Waals surface area contributed by atoms with Crippen LogP contribution in [0.4, 0.5) is 10.6 Å². The highest BCUT2D eigenvalue weighted by atomic mass is 16.7. The molecular weight excluding hydrogens is 472 g/mol. The third-order valence-electron chi connectivity index (χ3n) is 7.71. The Balaban J connectivity index is 1.68. The number of pyridine rings is 1. The molecule has 0 radical (unpaired) electrons. The van der Waals surface area contributed by atoms with Crippen molar-refractivity contribution in [2.45, 2.75) is 84.5 Å². The van der Waals surface area contributed by atoms with Crippen molar-refractivity contribution >= 4 is 17.8 Å². The van der Waals surface area contributed by atoms with Crippen LogP contribution in [0.15, 0.2) is 12.3 Å². The molecule has 3 rings (SSSR count). The van der Waals surface area contributed by atoms with Crippen molar-refractivity contribution in [3.63, 3.8) is 0 Å². The van der Waals surface area contributed by atoms with Crippen LogP contribution in [0.5, 0.6) is 0 Å². The minimum absolute atomic E-state index is 0.0803. The molecule has 0 spiro atoms. The van der Waals surface area contributed by atoms with Crippen molar-refractivity contribution in [3.05, 3.63) is 23.4 Å². The third-order valence-corrected chi connectivity index (χ3v) is 7.71. The Kier molecular flexibility index (Phi) is 12.1. The number of nitrogens with one attached hydrogen (secondary N) is 1. The lowest BCUT2D eigenvalue weighted by Gasteiger charge is -2.38. The predicted octanol–water partition coefficient (Wildman–Crippen LogP) is 4.25. The van der Waals surface area contributed by atoms with Crippen LogP contribution in [0.25, 0.3) is 0 Å². The molecule has 9 nitrogen and oxygen atoms in total. The highest BCUT2D eigenvalue weighted by molar-refractivity contribution is 5.88. The summed E-state index contributed by atoms with van der Waals surface area (Å²) in [6.07, 6.45) is 8.40. The quantitative estimate of drug-likeness (QED) is 0.327. The second-order valence-corrected chi connectivity index (χ2v) is 9.98. The normalized spacial score (nSPS) is 20.2. The molecule has 1 saturated carbocycles. The maximum Gasteiger partial charge on any atom is 0.323 e. The van der Waals surface area contributed by atoms with E-state index in [1.165, 1.54) is 18.2 Å². The summed E-state index contributed by atoms with van der Waals surface area (Å²) in [4.78, 5) is 34.1. The fraction of sp³-hybridized carbons (Fsp3) is 0.750. The van der Waals surface area contributed by atoms with Gasteiger partial charge in [-0.15, -0.1) is 0 Å². The molecule has 9 heteroatoms. The maximum absolute atomic E-state index is 13.6. The van der Waals surface area contributed by atoms with Crippen LogP contribution in [0, 0.1) is 5.92 Å². The monoisotopic (exact) mass is 518 g/mol. The number of methoxy groups -OCH3 is 1. The molecule has 1 fully saturated rings. The van der Waals surface area contributed by atoms with Crippen LogP contribution in [-0.4, -0.2) is 85.6 Å². The minimum atomic E-state index is -0.474. The van der Waals surface area contributed by atoms with E-state index in [2.05, 4.69) is 22.1 Å². The maximum atomic E-state index is 13.6. The fourth-order valence-corrected chi connectivity index (χ4v) is 5.47. The molecule has 2 amide bonds. The van der Waals surface area contributed by atoms with E-state index in [4.69, 9.17) is 14.2 Å². The summed E-state index contributed by atoms with van der Waals surface area (Å²) in [5.41, 5.74) is 2.53. The van der Waals surface area contributed by atoms with Gasteiger partial charge >= 0.3 is 12.0 Å². The zero-order valence-electron chi connectivity index (χ0n) is 23.2. The summed E-state index contributed by atoms with van der Waals surface area (Å²) in [5.74, 6) is 0.911. The second kappa shape index (κ2) is 15.2. The smallest absolute Gasteiger partial charge is 0.323 e. The van der Waals surface area contributed by atoms with Gasteiger partial charge in [-0.3, -0.25) is 10.1 Å². The number of amides is 2. The Morgan fingerprint density at radius 3 is 2.38 bits per heavy atom. The summed E-state index contributed by atoms with van der Waals surface area (Å²) in [6, 6.07) is 1.95. The van der Waals surface area contributed by atoms with Crippen molar-refractivity contribution in [2.75, 3.05) is 51.8 Å². The van der Waals surface area contributed by atoms with Crippen molar-refractivity contribution in [1.82, 2.24) is 14.8 Å². The molecular formula is C28H46N4O5. The number of urea groups is 1. The summed E-state index contributed by atoms with van der Waals surface area (Å²) < 4.78 is 16.4. The Morgan fingerprint density at radius 1 is 1.08 bits per heavy atom. The van der Waals surface area contributed by atoms with Crippen molar-refractivity contribution in [2.24, 2.45) is 5.92 Å². The molecule has 2 aliphatic rings. The van der Waals surface area contributed by atoms with Crippen LogP contribution >= 0.6 is 0 Å². The van der Waals surface area contributed by atoms with Gasteiger partial charge < -0.3 is 24.0 Å². The van der Waals surface area contributed by atoms with Crippen LogP contribution in [0.3, 0.4) is 0 Å². The van der Waals surface area contributed by atoms with Gasteiger partial charge in [0.2, 0.25) is 0 Å². The van der Waals surface area contributed by atoms with E-state index >= 15 is 0 Å². The fourth-order valence-electron chi connectivity index (χ4n) is 5.47. The zero-order chi connectivity index (χ0) is 26.6. The second-order valence-electron chi connectivity index (χ2n) is 9.98. The Morgan fingerprint density at radius 2 is 1.76 bits per heavy atom. The number of carbonyl (C=O) groups excluding carboxylic acids is 2. The van der Waals surface area contributed by atoms with E-state index < -0.39 is 6.29 Å². The molecule has 0 aromatic carbocycles. The zero-order valence-corrected chi connectivity index (χ0v) is 23.2. The summed E-state index contributed by atoms with van der Waals surface area (Å²) >= 11 is 0. The number of anilines is 1. The number of ether oxygens (including phenoxy) is 3. The van der Waals surface area contributed by atoms with Gasteiger partial charge in [0.1, 0.15) is 5.82 Å². The number of aromatic nitrogens is 1. The van der Waals surface area contributed by atoms with Crippen LogP contribution in [0.2, 0.25) is 0 Å². The van der Waals surface area contributed by atoms with E-state index in [0.717, 1.165) is 64.6 Å². The largest absolute Gasteiger partial charge is 0.469 e. The topological polar surface area (TPSA) is 93.2 Å². The van der Waals surface area contributed by atoms with E-state index in [1.54, 1.807) is 0 Å². The average Bonchev–Trinajstić information content (AvgIpc) is 3.12. The number of hydrogen-bond donors (Lipinski definition) is 1. The number of rotatable bonds is 12. The highest BCUT2D eigenvalue weighted by Crippen LogP contribution is 2.31. The molecule has 208 valence electrons. The first kappa shape index (κ1) is 29.3. The Labute approximate surface area is 222 Å². The first-order valence-corrected chi connectivity index (χ1v) is 14.0. The van der Waals surface area contributed by atoms with Gasteiger partial charge in [-0.05, 0) is 88.4 Å². The summed E-state index contributed by atoms with van der Waals surface area (Å²) in [7, 11) is 1.43. The van der Waals surface area contributed by atoms with Gasteiger partial charge in [-0.25, -0.2) is 9.78 Å². The van der Waals surface area contributed by atoms with Crippen molar-refractivity contribution < 1.29 is 23.8 Å². The van der Waals surface area contributed by atoms with Crippen molar-refractivity contribution in [1.29, 1.82) is 0 Å². The minimum Gasteiger partial charge on any atom is -0.469 e. The first-order valence-electron chi connectivity index (χ1n) is 14.0. The SMILES string of the molecule is CCOC(CN(C(=O)Nc1cc2c(cn1)CCN(CC)CC2)C1CCC(CCC(=O)OC)CC1)OCC. The standard InChI is InChI=1S/C28H46N4O5/c1-5-31-16-14-22-18-25(29-19-23(22)15-17-31)30-28(34)32(20-27(36-6-2)37-7-3)24-11-8-21(9-12-24)10-13-26(33)35-4/h18-19,21,24,27H,5-17,20H2,1-4H3,(H,29,30,34). The molecule has 0 bridgehead atoms. The lowest BCUT2D eigenvalue weighted by molar-refractivity contribution is -0.146. The molecule has 0 unspecified atom stereocenters. The number of carbonyl (C=O) groups is 2. The van der Waals surface area contributed by atoms with E-state index in [0.29, 0.717) is 37.9 Å². The summed E-state index contributed by atoms with van der Waals surface area (Å²) in [6.45, 7) is 10.6. The Hall–Kier alpha value is -2.23. The number of likely N-dealkylation sites (N-methyl/N-ethyl adjacent to an activating group) is 1. The molecule has 1 N–H and O–H groups in total. The van der Waals surface area contributed by atoms with Gasteiger partial charge in [-0.1, -0.05) is 6.92 Å². The predicted molar refractivity (Wildman–Crippen MR) is 144 cm³/mol. The van der Waals surface area contributed by atoms with Gasteiger partial charge in [0, 0.05) is 45.0 Å². The molecule has 0 saturated heterocycles. The molecule has 37 heavy (non-hydrogen) atoms. The van der Waals surface area contributed by atoms with E-state index in [-0.39, 0.29) is 18.0 Å². The van der Waals surface area contributed by atoms with Gasteiger partial charge in [-0.2, -0.15) is 0 Å². The van der Waals surface area contributed by atoms with E-state index in [9.17, 15) is 9.59 Å². The molecule has 1 aromatic heterocycles. The average molecular weight is 519 g/mol. The lowest BCUT2D eigenvalue weighted by Crippen LogP contribution is -2.49. The molecule has 1 aliphatic carbocycles. The number of hydrogen-bond acceptors (Lipinski definition) is 7. The van der Waals surface area contributed by atoms with Gasteiger partial charge in [0.15, 0.2) is 6.29 Å². The molecule has 2 heterocycles. The van der Waals surface area contributed by atoms with Gasteiger partial charge in [0.05, 0.1) is 13.7 Å². The van der Waals surface area contributed by atoms with Crippen LogP contribution in [0.1, 0.15) is 70.4 Å². The van der Waals surface area contributed by atoms with Crippen LogP contribution < -0.4 is 5.32 Å². The summed E-state index contributed by atoms with van der Waals surface area (Å²) in [5, 5.41) is 3.07. The Bertz CT molecular complexity index is 853. The molecule has 1 aromatic rings. The number of nitrogens with zero attached hydrogens (tertiary/aromatic N) is 3. The lowest BCUT2D eigenvalue weighted by atomic mass is 9.83. The third kappa shape index (κ3) is 8.93. The number of esters is 1. The molecule has 0 atom stereocenters. The van der Waals surface area contributed by atoms with Crippen molar-refractivity contribution in [3.8, 4) is 0 Å². The highest BCUT2D eigenvalue weighted by Gasteiger charge is 2.31. The van der Waals surface area contributed by atoms with E-state index in [1.807, 2.05) is 31.0 Å². The first-order chi connectivity index (χ1) is 18.0.